The summed E-state index contributed by atoms with van der Waals surface area (Å²) in [5.74, 6) is 0. The average molecular weight is 337 g/mol. The van der Waals surface area contributed by atoms with Gasteiger partial charge in [-0.05, 0) is 26.0 Å². The van der Waals surface area contributed by atoms with E-state index >= 15 is 0 Å². The van der Waals surface area contributed by atoms with Crippen LogP contribution in [0.2, 0.25) is 0 Å². The van der Waals surface area contributed by atoms with Crippen LogP contribution >= 0.6 is 11.3 Å². The van der Waals surface area contributed by atoms with Gasteiger partial charge in [0.1, 0.15) is 5.01 Å². The first kappa shape index (κ1) is 15.6. The number of thiazole rings is 1. The van der Waals surface area contributed by atoms with E-state index < -0.39 is 10.0 Å². The molecule has 5 nitrogen and oxygen atoms in total. The highest BCUT2D eigenvalue weighted by atomic mass is 32.2. The molecule has 7 heteroatoms. The van der Waals surface area contributed by atoms with E-state index in [2.05, 4.69) is 10.3 Å². The third-order valence-electron chi connectivity index (χ3n) is 3.67. The van der Waals surface area contributed by atoms with E-state index in [-0.39, 0.29) is 6.04 Å². The zero-order valence-electron chi connectivity index (χ0n) is 12.6. The number of nitrogens with one attached hydrogen (secondary N) is 1. The molecular weight excluding hydrogens is 318 g/mol. The summed E-state index contributed by atoms with van der Waals surface area (Å²) in [5.41, 5.74) is 1.80. The summed E-state index contributed by atoms with van der Waals surface area (Å²) in [4.78, 5) is 4.77. The van der Waals surface area contributed by atoms with E-state index in [0.29, 0.717) is 24.5 Å². The van der Waals surface area contributed by atoms with E-state index in [9.17, 15) is 8.42 Å². The molecule has 0 bridgehead atoms. The Labute approximate surface area is 135 Å². The van der Waals surface area contributed by atoms with E-state index in [1.165, 1.54) is 11.3 Å². The Hall–Kier alpha value is -1.28. The zero-order valence-corrected chi connectivity index (χ0v) is 14.2. The van der Waals surface area contributed by atoms with Gasteiger partial charge in [0.15, 0.2) is 0 Å². The van der Waals surface area contributed by atoms with Gasteiger partial charge in [-0.15, -0.1) is 11.3 Å². The molecule has 0 aliphatic carbocycles. The highest BCUT2D eigenvalue weighted by Crippen LogP contribution is 2.27. The first-order chi connectivity index (χ1) is 10.5. The van der Waals surface area contributed by atoms with Crippen molar-refractivity contribution in [2.75, 3.05) is 19.6 Å². The summed E-state index contributed by atoms with van der Waals surface area (Å²) in [5, 5.41) is 6.08. The molecule has 2 heterocycles. The van der Waals surface area contributed by atoms with Gasteiger partial charge in [-0.2, -0.15) is 4.31 Å². The van der Waals surface area contributed by atoms with Crippen molar-refractivity contribution in [1.82, 2.24) is 14.6 Å². The molecule has 1 saturated heterocycles. The number of hydrogen-bond donors (Lipinski definition) is 1. The van der Waals surface area contributed by atoms with Crippen LogP contribution in [-0.2, 0) is 10.0 Å². The van der Waals surface area contributed by atoms with Gasteiger partial charge in [0, 0.05) is 42.3 Å². The van der Waals surface area contributed by atoms with Crippen LogP contribution in [0.5, 0.6) is 0 Å². The number of benzene rings is 1. The molecule has 1 N–H and O–H groups in total. The lowest BCUT2D eigenvalue weighted by atomic mass is 10.2. The van der Waals surface area contributed by atoms with Crippen LogP contribution < -0.4 is 5.32 Å². The fourth-order valence-corrected chi connectivity index (χ4v) is 4.91. The summed E-state index contributed by atoms with van der Waals surface area (Å²) in [6.45, 7) is 5.63. The minimum Gasteiger partial charge on any atom is -0.312 e. The Morgan fingerprint density at radius 3 is 2.91 bits per heavy atom. The molecule has 3 rings (SSSR count). The Morgan fingerprint density at radius 1 is 1.41 bits per heavy atom. The van der Waals surface area contributed by atoms with Crippen LogP contribution in [0.4, 0.5) is 0 Å². The standard InChI is InChI=1S/C15H19N3O2S2/c1-11-9-18(7-6-16-11)22(19,20)14-5-3-4-13(8-14)15-17-12(2)10-21-15/h3-5,8,10-11,16H,6-7,9H2,1-2H3/t11-/m0/s1. The lowest BCUT2D eigenvalue weighted by molar-refractivity contribution is 0.310. The Morgan fingerprint density at radius 2 is 2.23 bits per heavy atom. The molecule has 1 aliphatic rings. The van der Waals surface area contributed by atoms with Crippen molar-refractivity contribution in [3.8, 4) is 10.6 Å². The predicted molar refractivity (Wildman–Crippen MR) is 88.5 cm³/mol. The molecule has 0 radical (unpaired) electrons. The number of hydrogen-bond acceptors (Lipinski definition) is 5. The van der Waals surface area contributed by atoms with Crippen molar-refractivity contribution >= 4 is 21.4 Å². The Kier molecular flexibility index (Phi) is 4.31. The number of aryl methyl sites for hydroxylation is 1. The highest BCUT2D eigenvalue weighted by molar-refractivity contribution is 7.89. The van der Waals surface area contributed by atoms with Gasteiger partial charge in [0.2, 0.25) is 10.0 Å². The van der Waals surface area contributed by atoms with Gasteiger partial charge < -0.3 is 5.32 Å². The smallest absolute Gasteiger partial charge is 0.243 e. The molecule has 0 spiro atoms. The topological polar surface area (TPSA) is 62.3 Å². The van der Waals surface area contributed by atoms with Crippen molar-refractivity contribution in [2.45, 2.75) is 24.8 Å². The lowest BCUT2D eigenvalue weighted by Crippen LogP contribution is -2.51. The molecule has 2 aromatic rings. The normalized spacial score (nSPS) is 20.2. The van der Waals surface area contributed by atoms with Gasteiger partial charge in [-0.3, -0.25) is 0 Å². The summed E-state index contributed by atoms with van der Waals surface area (Å²) >= 11 is 1.53. The maximum atomic E-state index is 12.8. The summed E-state index contributed by atoms with van der Waals surface area (Å²) in [7, 11) is -3.45. The van der Waals surface area contributed by atoms with Crippen LogP contribution in [0, 0.1) is 6.92 Å². The maximum Gasteiger partial charge on any atom is 0.243 e. The molecule has 22 heavy (non-hydrogen) atoms. The van der Waals surface area contributed by atoms with Crippen LogP contribution in [-0.4, -0.2) is 43.4 Å². The molecule has 118 valence electrons. The second kappa shape index (κ2) is 6.08. The van der Waals surface area contributed by atoms with E-state index in [0.717, 1.165) is 16.3 Å². The summed E-state index contributed by atoms with van der Waals surface area (Å²) in [6.07, 6.45) is 0. The van der Waals surface area contributed by atoms with Gasteiger partial charge in [0.05, 0.1) is 4.90 Å². The van der Waals surface area contributed by atoms with Crippen molar-refractivity contribution in [2.24, 2.45) is 0 Å². The molecule has 1 aromatic heterocycles. The first-order valence-corrected chi connectivity index (χ1v) is 9.55. The van der Waals surface area contributed by atoms with Crippen molar-refractivity contribution in [3.63, 3.8) is 0 Å². The zero-order chi connectivity index (χ0) is 15.7. The van der Waals surface area contributed by atoms with Gasteiger partial charge in [-0.1, -0.05) is 12.1 Å². The SMILES string of the molecule is Cc1csc(-c2cccc(S(=O)(=O)N3CCN[C@@H](C)C3)c2)n1. The first-order valence-electron chi connectivity index (χ1n) is 7.23. The van der Waals surface area contributed by atoms with E-state index in [4.69, 9.17) is 0 Å². The number of sulfonamides is 1. The molecular formula is C15H19N3O2S2. The van der Waals surface area contributed by atoms with Gasteiger partial charge in [-0.25, -0.2) is 13.4 Å². The van der Waals surface area contributed by atoms with E-state index in [1.54, 1.807) is 22.5 Å². The summed E-state index contributed by atoms with van der Waals surface area (Å²) < 4.78 is 27.2. The lowest BCUT2D eigenvalue weighted by Gasteiger charge is -2.31. The molecule has 0 amide bonds. The van der Waals surface area contributed by atoms with Crippen LogP contribution in [0.3, 0.4) is 0 Å². The Balaban J connectivity index is 1.94. The molecule has 1 aliphatic heterocycles. The minimum atomic E-state index is -3.45. The van der Waals surface area contributed by atoms with Gasteiger partial charge in [0.25, 0.3) is 0 Å². The predicted octanol–water partition coefficient (Wildman–Crippen LogP) is 2.10. The maximum absolute atomic E-state index is 12.8. The Bertz CT molecular complexity index is 771. The second-order valence-electron chi connectivity index (χ2n) is 5.54. The van der Waals surface area contributed by atoms with Crippen molar-refractivity contribution in [1.29, 1.82) is 0 Å². The molecule has 1 aromatic carbocycles. The third kappa shape index (κ3) is 3.08. The fourth-order valence-electron chi connectivity index (χ4n) is 2.54. The highest BCUT2D eigenvalue weighted by Gasteiger charge is 2.28. The minimum absolute atomic E-state index is 0.174. The molecule has 1 fully saturated rings. The largest absolute Gasteiger partial charge is 0.312 e. The monoisotopic (exact) mass is 337 g/mol. The molecule has 0 saturated carbocycles. The second-order valence-corrected chi connectivity index (χ2v) is 8.34. The number of piperazine rings is 1. The van der Waals surface area contributed by atoms with Crippen molar-refractivity contribution in [3.05, 3.63) is 35.3 Å². The number of rotatable bonds is 3. The molecule has 1 atom stereocenters. The van der Waals surface area contributed by atoms with Crippen LogP contribution in [0.25, 0.3) is 10.6 Å². The number of nitrogens with zero attached hydrogens (tertiary/aromatic N) is 2. The summed E-state index contributed by atoms with van der Waals surface area (Å²) in [6, 6.07) is 7.24. The third-order valence-corrected chi connectivity index (χ3v) is 6.54. The van der Waals surface area contributed by atoms with Gasteiger partial charge >= 0.3 is 0 Å². The number of aromatic nitrogens is 1. The fraction of sp³-hybridized carbons (Fsp3) is 0.400. The van der Waals surface area contributed by atoms with Crippen LogP contribution in [0.15, 0.2) is 34.5 Å². The van der Waals surface area contributed by atoms with Crippen molar-refractivity contribution < 1.29 is 8.42 Å². The van der Waals surface area contributed by atoms with Crippen LogP contribution in [0.1, 0.15) is 12.6 Å². The quantitative estimate of drug-likeness (QED) is 0.932. The average Bonchev–Trinajstić information content (AvgIpc) is 2.94. The van der Waals surface area contributed by atoms with E-state index in [1.807, 2.05) is 25.3 Å². The molecule has 0 unspecified atom stereocenters.